The van der Waals surface area contributed by atoms with Crippen molar-refractivity contribution in [2.45, 2.75) is 0 Å². The SMILES string of the molecule is c1ccc(-c2ccc(N(c3ccccc3)c3ccc4c(c3)oc3cc(-c5ccccc5)c5ccccc5c34)cc2)cc1. The Labute approximate surface area is 244 Å². The minimum atomic E-state index is 0.875. The van der Waals surface area contributed by atoms with Crippen molar-refractivity contribution < 1.29 is 4.42 Å². The summed E-state index contributed by atoms with van der Waals surface area (Å²) in [5, 5.41) is 4.71. The molecule has 1 aromatic heterocycles. The highest BCUT2D eigenvalue weighted by Crippen LogP contribution is 2.43. The van der Waals surface area contributed by atoms with E-state index in [-0.39, 0.29) is 0 Å². The van der Waals surface area contributed by atoms with Gasteiger partial charge in [0.15, 0.2) is 0 Å². The number of nitrogens with zero attached hydrogens (tertiary/aromatic N) is 1. The summed E-state index contributed by atoms with van der Waals surface area (Å²) < 4.78 is 6.64. The first-order valence-electron chi connectivity index (χ1n) is 14.3. The third kappa shape index (κ3) is 4.13. The van der Waals surface area contributed by atoms with Crippen LogP contribution in [0.3, 0.4) is 0 Å². The van der Waals surface area contributed by atoms with Gasteiger partial charge in [-0.15, -0.1) is 0 Å². The zero-order valence-corrected chi connectivity index (χ0v) is 22.9. The fourth-order valence-corrected chi connectivity index (χ4v) is 6.08. The molecule has 0 aliphatic carbocycles. The predicted octanol–water partition coefficient (Wildman–Crippen LogP) is 11.5. The highest BCUT2D eigenvalue weighted by molar-refractivity contribution is 6.22. The van der Waals surface area contributed by atoms with Crippen LogP contribution in [-0.4, -0.2) is 0 Å². The standard InChI is InChI=1S/C40H27NO/c1-4-12-28(13-5-1)29-20-22-32(23-21-29)41(31-16-8-3-9-17-31)33-24-25-36-38(26-33)42-39-27-37(30-14-6-2-7-15-30)34-18-10-11-19-35(34)40(36)39/h1-27H. The van der Waals surface area contributed by atoms with E-state index in [9.17, 15) is 0 Å². The first-order chi connectivity index (χ1) is 20.8. The minimum Gasteiger partial charge on any atom is -0.456 e. The number of rotatable bonds is 5. The van der Waals surface area contributed by atoms with Crippen LogP contribution in [0.1, 0.15) is 0 Å². The highest BCUT2D eigenvalue weighted by atomic mass is 16.3. The Morgan fingerprint density at radius 3 is 1.62 bits per heavy atom. The molecule has 2 heteroatoms. The van der Waals surface area contributed by atoms with Crippen LogP contribution in [-0.2, 0) is 0 Å². The first kappa shape index (κ1) is 24.2. The molecule has 0 bridgehead atoms. The lowest BCUT2D eigenvalue weighted by Gasteiger charge is -2.25. The fraction of sp³-hybridized carbons (Fsp3) is 0. The zero-order chi connectivity index (χ0) is 27.9. The monoisotopic (exact) mass is 537 g/mol. The molecule has 8 rings (SSSR count). The Bertz CT molecular complexity index is 2160. The number of hydrogen-bond donors (Lipinski definition) is 0. The Morgan fingerprint density at radius 1 is 0.357 bits per heavy atom. The molecular weight excluding hydrogens is 510 g/mol. The van der Waals surface area contributed by atoms with Crippen molar-refractivity contribution in [3.8, 4) is 22.3 Å². The van der Waals surface area contributed by atoms with Crippen molar-refractivity contribution in [2.75, 3.05) is 4.90 Å². The normalized spacial score (nSPS) is 11.3. The van der Waals surface area contributed by atoms with Gasteiger partial charge in [0.1, 0.15) is 11.2 Å². The smallest absolute Gasteiger partial charge is 0.137 e. The summed E-state index contributed by atoms with van der Waals surface area (Å²) in [6, 6.07) is 57.7. The van der Waals surface area contributed by atoms with E-state index in [0.29, 0.717) is 0 Å². The maximum Gasteiger partial charge on any atom is 0.137 e. The van der Waals surface area contributed by atoms with Crippen molar-refractivity contribution in [1.29, 1.82) is 0 Å². The Hall–Kier alpha value is -5.60. The molecule has 8 aromatic rings. The topological polar surface area (TPSA) is 16.4 Å². The molecule has 0 saturated carbocycles. The van der Waals surface area contributed by atoms with Gasteiger partial charge in [0.2, 0.25) is 0 Å². The number of para-hydroxylation sites is 1. The number of anilines is 3. The van der Waals surface area contributed by atoms with Crippen LogP contribution in [0.25, 0.3) is 55.0 Å². The lowest BCUT2D eigenvalue weighted by molar-refractivity contribution is 0.669. The van der Waals surface area contributed by atoms with Gasteiger partial charge in [-0.05, 0) is 75.5 Å². The van der Waals surface area contributed by atoms with Crippen molar-refractivity contribution in [3.63, 3.8) is 0 Å². The van der Waals surface area contributed by atoms with Crippen LogP contribution in [0.4, 0.5) is 17.1 Å². The summed E-state index contributed by atoms with van der Waals surface area (Å²) >= 11 is 0. The zero-order valence-electron chi connectivity index (χ0n) is 22.9. The summed E-state index contributed by atoms with van der Waals surface area (Å²) in [5.41, 5.74) is 9.78. The maximum atomic E-state index is 6.64. The van der Waals surface area contributed by atoms with Crippen LogP contribution in [0.5, 0.6) is 0 Å². The Balaban J connectivity index is 1.30. The van der Waals surface area contributed by atoms with Gasteiger partial charge in [-0.2, -0.15) is 0 Å². The van der Waals surface area contributed by atoms with Crippen molar-refractivity contribution >= 4 is 49.8 Å². The predicted molar refractivity (Wildman–Crippen MR) is 177 cm³/mol. The second-order valence-corrected chi connectivity index (χ2v) is 10.6. The summed E-state index contributed by atoms with van der Waals surface area (Å²) in [6.07, 6.45) is 0. The molecule has 0 aliphatic heterocycles. The summed E-state index contributed by atoms with van der Waals surface area (Å²) in [4.78, 5) is 2.29. The molecule has 0 atom stereocenters. The Kier molecular flexibility index (Phi) is 5.82. The van der Waals surface area contributed by atoms with Gasteiger partial charge >= 0.3 is 0 Å². The van der Waals surface area contributed by atoms with Gasteiger partial charge in [-0.25, -0.2) is 0 Å². The van der Waals surface area contributed by atoms with Crippen molar-refractivity contribution in [1.82, 2.24) is 0 Å². The molecule has 0 N–H and O–H groups in total. The molecular formula is C40H27NO. The second kappa shape index (κ2) is 10.1. The van der Waals surface area contributed by atoms with E-state index in [1.165, 1.54) is 33.0 Å². The lowest BCUT2D eigenvalue weighted by Crippen LogP contribution is -2.09. The number of benzene rings is 7. The van der Waals surface area contributed by atoms with Crippen LogP contribution in [0, 0.1) is 0 Å². The average Bonchev–Trinajstić information content (AvgIpc) is 3.44. The maximum absolute atomic E-state index is 6.64. The molecule has 198 valence electrons. The van der Waals surface area contributed by atoms with Gasteiger partial charge in [-0.3, -0.25) is 0 Å². The summed E-state index contributed by atoms with van der Waals surface area (Å²) in [6.45, 7) is 0. The molecule has 7 aromatic carbocycles. The number of furan rings is 1. The van der Waals surface area contributed by atoms with E-state index < -0.39 is 0 Å². The largest absolute Gasteiger partial charge is 0.456 e. The molecule has 0 unspecified atom stereocenters. The van der Waals surface area contributed by atoms with Crippen molar-refractivity contribution in [2.24, 2.45) is 0 Å². The molecule has 42 heavy (non-hydrogen) atoms. The summed E-state index contributed by atoms with van der Waals surface area (Å²) in [7, 11) is 0. The third-order valence-electron chi connectivity index (χ3n) is 8.05. The number of hydrogen-bond acceptors (Lipinski definition) is 2. The molecule has 0 fully saturated rings. The van der Waals surface area contributed by atoms with Gasteiger partial charge in [-0.1, -0.05) is 115 Å². The quantitative estimate of drug-likeness (QED) is 0.217. The van der Waals surface area contributed by atoms with E-state index in [1.807, 2.05) is 0 Å². The van der Waals surface area contributed by atoms with Gasteiger partial charge in [0, 0.05) is 33.9 Å². The van der Waals surface area contributed by atoms with E-state index in [2.05, 4.69) is 169 Å². The first-order valence-corrected chi connectivity index (χ1v) is 14.3. The highest BCUT2D eigenvalue weighted by Gasteiger charge is 2.18. The van der Waals surface area contributed by atoms with Crippen LogP contribution < -0.4 is 4.90 Å². The van der Waals surface area contributed by atoms with Crippen molar-refractivity contribution in [3.05, 3.63) is 164 Å². The lowest BCUT2D eigenvalue weighted by atomic mass is 9.95. The van der Waals surface area contributed by atoms with E-state index >= 15 is 0 Å². The molecule has 0 aliphatic rings. The van der Waals surface area contributed by atoms with E-state index in [4.69, 9.17) is 4.42 Å². The van der Waals surface area contributed by atoms with Crippen LogP contribution in [0.2, 0.25) is 0 Å². The van der Waals surface area contributed by atoms with Crippen LogP contribution in [0.15, 0.2) is 168 Å². The molecule has 0 saturated heterocycles. The molecule has 0 radical (unpaired) electrons. The summed E-state index contributed by atoms with van der Waals surface area (Å²) in [5.74, 6) is 0. The van der Waals surface area contributed by atoms with E-state index in [1.54, 1.807) is 0 Å². The third-order valence-corrected chi connectivity index (χ3v) is 8.05. The minimum absolute atomic E-state index is 0.875. The van der Waals surface area contributed by atoms with Gasteiger partial charge in [0.25, 0.3) is 0 Å². The Morgan fingerprint density at radius 2 is 0.905 bits per heavy atom. The van der Waals surface area contributed by atoms with Gasteiger partial charge < -0.3 is 9.32 Å². The number of fused-ring (bicyclic) bond motifs is 5. The molecule has 0 spiro atoms. The second-order valence-electron chi connectivity index (χ2n) is 10.6. The average molecular weight is 538 g/mol. The fourth-order valence-electron chi connectivity index (χ4n) is 6.08. The van der Waals surface area contributed by atoms with E-state index in [0.717, 1.165) is 39.0 Å². The molecule has 1 heterocycles. The molecule has 0 amide bonds. The van der Waals surface area contributed by atoms with Crippen LogP contribution >= 0.6 is 0 Å². The molecule has 2 nitrogen and oxygen atoms in total. The van der Waals surface area contributed by atoms with Gasteiger partial charge in [0.05, 0.1) is 0 Å².